The van der Waals surface area contributed by atoms with Crippen LogP contribution >= 0.6 is 11.8 Å². The van der Waals surface area contributed by atoms with Gasteiger partial charge in [0.05, 0.1) is 0 Å². The molecule has 7 heteroatoms. The molecule has 0 radical (unpaired) electrons. The zero-order chi connectivity index (χ0) is 17.0. The molecule has 0 fully saturated rings. The number of carbonyl (C=O) groups excluding carboxylic acids is 2. The second kappa shape index (κ2) is 7.09. The fourth-order valence-corrected chi connectivity index (χ4v) is 2.17. The molecule has 1 N–H and O–H groups in total. The summed E-state index contributed by atoms with van der Waals surface area (Å²) in [5.74, 6) is -2.51. The van der Waals surface area contributed by atoms with Gasteiger partial charge < -0.3 is 14.8 Å². The van der Waals surface area contributed by atoms with Gasteiger partial charge in [-0.2, -0.15) is 8.78 Å². The molecule has 22 heavy (non-hydrogen) atoms. The highest BCUT2D eigenvalue weighted by molar-refractivity contribution is 7.99. The van der Waals surface area contributed by atoms with Gasteiger partial charge in [-0.1, -0.05) is 23.9 Å². The van der Waals surface area contributed by atoms with Crippen molar-refractivity contribution in [1.82, 2.24) is 5.32 Å². The van der Waals surface area contributed by atoms with Crippen molar-refractivity contribution in [2.24, 2.45) is 0 Å². The normalized spacial score (nSPS) is 14.3. The van der Waals surface area contributed by atoms with Crippen molar-refractivity contribution in [3.8, 4) is 0 Å². The first-order valence-electron chi connectivity index (χ1n) is 6.58. The summed E-state index contributed by atoms with van der Waals surface area (Å²) >= 11 is 0.413. The lowest BCUT2D eigenvalue weighted by Crippen LogP contribution is -2.46. The zero-order valence-corrected chi connectivity index (χ0v) is 13.7. The summed E-state index contributed by atoms with van der Waals surface area (Å²) in [4.78, 5) is 23.6. The highest BCUT2D eigenvalue weighted by Crippen LogP contribution is 2.27. The molecular weight excluding hydrogens is 312 g/mol. The number of hydrogen-bond acceptors (Lipinski definition) is 4. The van der Waals surface area contributed by atoms with Gasteiger partial charge in [-0.3, -0.25) is 0 Å². The maximum Gasteiger partial charge on any atom is 0.408 e. The lowest BCUT2D eigenvalue weighted by molar-refractivity contribution is -0.113. The predicted molar refractivity (Wildman–Crippen MR) is 81.1 cm³/mol. The van der Waals surface area contributed by atoms with Gasteiger partial charge in [0, 0.05) is 4.90 Å². The summed E-state index contributed by atoms with van der Waals surface area (Å²) in [6.45, 7) is 6.64. The number of hydrogen-bond donors (Lipinski definition) is 1. The van der Waals surface area contributed by atoms with E-state index in [1.54, 1.807) is 20.8 Å². The molecule has 0 heterocycles. The Morgan fingerprint density at radius 1 is 1.23 bits per heavy atom. The van der Waals surface area contributed by atoms with E-state index < -0.39 is 23.0 Å². The van der Waals surface area contributed by atoms with Crippen LogP contribution in [0.4, 0.5) is 13.6 Å². The molecular formula is C15H19F2NO3S. The number of rotatable bonds is 5. The summed E-state index contributed by atoms with van der Waals surface area (Å²) < 4.78 is 29.7. The molecule has 1 amide bonds. The first-order chi connectivity index (χ1) is 10.1. The molecule has 0 saturated carbocycles. The maximum atomic E-state index is 12.3. The molecule has 0 spiro atoms. The molecule has 122 valence electrons. The molecule has 0 aliphatic carbocycles. The van der Waals surface area contributed by atoms with Crippen LogP contribution in [0.1, 0.15) is 33.3 Å². The predicted octanol–water partition coefficient (Wildman–Crippen LogP) is 3.94. The van der Waals surface area contributed by atoms with Gasteiger partial charge in [0.15, 0.2) is 0 Å². The summed E-state index contributed by atoms with van der Waals surface area (Å²) in [6, 6.07) is 6.00. The molecule has 1 rings (SSSR count). The Labute approximate surface area is 132 Å². The first kappa shape index (κ1) is 18.4. The molecule has 1 aromatic carbocycles. The van der Waals surface area contributed by atoms with E-state index in [0.717, 1.165) is 0 Å². The molecule has 0 aliphatic rings. The zero-order valence-electron chi connectivity index (χ0n) is 12.9. The van der Waals surface area contributed by atoms with E-state index in [1.807, 2.05) is 0 Å². The first-order valence-corrected chi connectivity index (χ1v) is 7.46. The fraction of sp³-hybridized carbons (Fsp3) is 0.467. The van der Waals surface area contributed by atoms with Crippen molar-refractivity contribution in [1.29, 1.82) is 0 Å². The second-order valence-corrected chi connectivity index (χ2v) is 6.91. The highest BCUT2D eigenvalue weighted by Gasteiger charge is 2.30. The van der Waals surface area contributed by atoms with Crippen molar-refractivity contribution < 1.29 is 23.1 Å². The van der Waals surface area contributed by atoms with Crippen molar-refractivity contribution in [2.45, 2.75) is 49.5 Å². The molecule has 1 unspecified atom stereocenters. The van der Waals surface area contributed by atoms with Gasteiger partial charge in [0.1, 0.15) is 17.4 Å². The number of thioether (sulfide) groups is 1. The van der Waals surface area contributed by atoms with Gasteiger partial charge in [0.25, 0.3) is 5.76 Å². The van der Waals surface area contributed by atoms with Crippen LogP contribution in [-0.4, -0.2) is 23.7 Å². The van der Waals surface area contributed by atoms with Gasteiger partial charge in [-0.05, 0) is 45.4 Å². The minimum absolute atomic E-state index is 0.379. The van der Waals surface area contributed by atoms with Crippen LogP contribution < -0.4 is 5.32 Å². The Hall–Kier alpha value is -1.63. The highest BCUT2D eigenvalue weighted by atomic mass is 32.2. The Morgan fingerprint density at radius 2 is 1.77 bits per heavy atom. The van der Waals surface area contributed by atoms with Crippen LogP contribution in [0.25, 0.3) is 0 Å². The van der Waals surface area contributed by atoms with Crippen LogP contribution in [0.3, 0.4) is 0 Å². The third-order valence-corrected chi connectivity index (χ3v) is 3.40. The molecule has 1 atom stereocenters. The Bertz CT molecular complexity index is 529. The summed E-state index contributed by atoms with van der Waals surface area (Å²) in [6.07, 6.45) is -0.153. The second-order valence-electron chi connectivity index (χ2n) is 5.85. The summed E-state index contributed by atoms with van der Waals surface area (Å²) in [5, 5.41) is 2.49. The smallest absolute Gasteiger partial charge is 0.408 e. The number of aldehydes is 1. The number of alkyl carbamates (subject to hydrolysis) is 1. The van der Waals surface area contributed by atoms with Crippen LogP contribution in [0, 0.1) is 0 Å². The molecule has 4 nitrogen and oxygen atoms in total. The van der Waals surface area contributed by atoms with Crippen LogP contribution in [0.5, 0.6) is 0 Å². The largest absolute Gasteiger partial charge is 0.444 e. The summed E-state index contributed by atoms with van der Waals surface area (Å²) in [5.41, 5.74) is -1.51. The monoisotopic (exact) mass is 331 g/mol. The number of nitrogens with one attached hydrogen (secondary N) is 1. The van der Waals surface area contributed by atoms with E-state index in [9.17, 15) is 18.4 Å². The Balaban J connectivity index is 2.89. The van der Waals surface area contributed by atoms with Gasteiger partial charge in [-0.15, -0.1) is 0 Å². The number of carbonyl (C=O) groups is 2. The van der Waals surface area contributed by atoms with Crippen molar-refractivity contribution >= 4 is 24.1 Å². The van der Waals surface area contributed by atoms with E-state index in [4.69, 9.17) is 4.74 Å². The van der Waals surface area contributed by atoms with E-state index in [0.29, 0.717) is 28.5 Å². The van der Waals surface area contributed by atoms with Crippen molar-refractivity contribution in [3.05, 3.63) is 29.8 Å². The SMILES string of the molecule is CC(C)(C)OC(=O)NC(C)(C=O)c1ccc(SC(F)F)cc1. The number of benzene rings is 1. The lowest BCUT2D eigenvalue weighted by Gasteiger charge is -2.28. The average molecular weight is 331 g/mol. The van der Waals surface area contributed by atoms with Gasteiger partial charge in [0.2, 0.25) is 0 Å². The van der Waals surface area contributed by atoms with Gasteiger partial charge in [-0.25, -0.2) is 4.79 Å². The van der Waals surface area contributed by atoms with Crippen LogP contribution in [-0.2, 0) is 15.1 Å². The number of amides is 1. The fourth-order valence-electron chi connectivity index (χ4n) is 1.67. The topological polar surface area (TPSA) is 55.4 Å². The minimum atomic E-state index is -2.51. The van der Waals surface area contributed by atoms with Gasteiger partial charge >= 0.3 is 6.09 Å². The number of halogens is 2. The molecule has 0 aromatic heterocycles. The Kier molecular flexibility index (Phi) is 5.93. The van der Waals surface area contributed by atoms with Crippen LogP contribution in [0.15, 0.2) is 29.2 Å². The van der Waals surface area contributed by atoms with Crippen molar-refractivity contribution in [3.63, 3.8) is 0 Å². The standard InChI is InChI=1S/C15H19F2NO3S/c1-14(2,3)21-13(20)18-15(4,9-19)10-5-7-11(8-6-10)22-12(16)17/h5-9,12H,1-4H3,(H,18,20). The summed E-state index contributed by atoms with van der Waals surface area (Å²) in [7, 11) is 0. The third-order valence-electron chi connectivity index (χ3n) is 2.68. The molecule has 1 aromatic rings. The average Bonchev–Trinajstić information content (AvgIpc) is 2.36. The van der Waals surface area contributed by atoms with E-state index >= 15 is 0 Å². The van der Waals surface area contributed by atoms with Crippen LogP contribution in [0.2, 0.25) is 0 Å². The minimum Gasteiger partial charge on any atom is -0.444 e. The van der Waals surface area contributed by atoms with E-state index in [1.165, 1.54) is 31.2 Å². The number of ether oxygens (including phenoxy) is 1. The van der Waals surface area contributed by atoms with Crippen molar-refractivity contribution in [2.75, 3.05) is 0 Å². The van der Waals surface area contributed by atoms with E-state index in [-0.39, 0.29) is 0 Å². The quantitative estimate of drug-likeness (QED) is 0.656. The molecule has 0 saturated heterocycles. The number of alkyl halides is 2. The van der Waals surface area contributed by atoms with E-state index in [2.05, 4.69) is 5.32 Å². The molecule has 0 bridgehead atoms. The lowest BCUT2D eigenvalue weighted by atomic mass is 9.94. The maximum absolute atomic E-state index is 12.3. The molecule has 0 aliphatic heterocycles. The Morgan fingerprint density at radius 3 is 2.18 bits per heavy atom. The third kappa shape index (κ3) is 5.63.